The molecule has 0 aliphatic carbocycles. The first-order valence-electron chi connectivity index (χ1n) is 5.11. The SMILES string of the molecule is CC(CO)S(=O)(=O)NCCCn1ccnc1. The zero-order valence-electron chi connectivity index (χ0n) is 9.20. The average Bonchev–Trinajstić information content (AvgIpc) is 2.76. The third-order valence-corrected chi connectivity index (χ3v) is 4.06. The molecule has 1 unspecified atom stereocenters. The molecule has 1 rings (SSSR count). The summed E-state index contributed by atoms with van der Waals surface area (Å²) in [4.78, 5) is 3.88. The Bertz CT molecular complexity index is 388. The molecule has 0 aromatic carbocycles. The van der Waals surface area contributed by atoms with Crippen molar-refractivity contribution in [3.8, 4) is 0 Å². The van der Waals surface area contributed by atoms with Crippen LogP contribution in [0.1, 0.15) is 13.3 Å². The van der Waals surface area contributed by atoms with E-state index in [1.54, 1.807) is 12.5 Å². The summed E-state index contributed by atoms with van der Waals surface area (Å²) in [5.74, 6) is 0. The lowest BCUT2D eigenvalue weighted by Crippen LogP contribution is -2.35. The lowest BCUT2D eigenvalue weighted by Gasteiger charge is -2.11. The fraction of sp³-hybridized carbons (Fsp3) is 0.667. The molecule has 92 valence electrons. The van der Waals surface area contributed by atoms with Gasteiger partial charge in [-0.25, -0.2) is 18.1 Å². The Morgan fingerprint density at radius 1 is 1.56 bits per heavy atom. The van der Waals surface area contributed by atoms with Gasteiger partial charge in [0.05, 0.1) is 18.2 Å². The minimum Gasteiger partial charge on any atom is -0.395 e. The second kappa shape index (κ2) is 5.97. The molecule has 0 saturated heterocycles. The van der Waals surface area contributed by atoms with E-state index in [2.05, 4.69) is 9.71 Å². The molecule has 0 aliphatic heterocycles. The Labute approximate surface area is 95.4 Å². The first kappa shape index (κ1) is 13.1. The van der Waals surface area contributed by atoms with Gasteiger partial charge in [-0.3, -0.25) is 0 Å². The number of aromatic nitrogens is 2. The number of rotatable bonds is 7. The standard InChI is InChI=1S/C9H17N3O3S/c1-9(7-13)16(14,15)11-3-2-5-12-6-4-10-8-12/h4,6,8-9,11,13H,2-3,5,7H2,1H3. The van der Waals surface area contributed by atoms with Gasteiger partial charge in [0.1, 0.15) is 0 Å². The molecule has 16 heavy (non-hydrogen) atoms. The maximum Gasteiger partial charge on any atom is 0.216 e. The largest absolute Gasteiger partial charge is 0.395 e. The molecule has 1 aromatic heterocycles. The highest BCUT2D eigenvalue weighted by atomic mass is 32.2. The second-order valence-corrected chi connectivity index (χ2v) is 5.77. The van der Waals surface area contributed by atoms with Crippen LogP contribution in [0.25, 0.3) is 0 Å². The Morgan fingerprint density at radius 2 is 2.31 bits per heavy atom. The van der Waals surface area contributed by atoms with Crippen LogP contribution >= 0.6 is 0 Å². The van der Waals surface area contributed by atoms with Crippen LogP contribution in [0.15, 0.2) is 18.7 Å². The number of nitrogens with one attached hydrogen (secondary N) is 1. The maximum atomic E-state index is 11.4. The quantitative estimate of drug-likeness (QED) is 0.641. The van der Waals surface area contributed by atoms with Crippen LogP contribution in [0, 0.1) is 0 Å². The molecule has 7 heteroatoms. The molecule has 1 atom stereocenters. The molecule has 0 radical (unpaired) electrons. The normalized spacial score (nSPS) is 13.9. The average molecular weight is 247 g/mol. The first-order chi connectivity index (χ1) is 7.56. The van der Waals surface area contributed by atoms with Crippen LogP contribution in [0.4, 0.5) is 0 Å². The predicted octanol–water partition coefficient (Wildman–Crippen LogP) is -0.427. The summed E-state index contributed by atoms with van der Waals surface area (Å²) in [6.45, 7) is 2.19. The molecule has 2 N–H and O–H groups in total. The van der Waals surface area contributed by atoms with Gasteiger partial charge in [0.2, 0.25) is 10.0 Å². The van der Waals surface area contributed by atoms with Gasteiger partial charge in [-0.1, -0.05) is 0 Å². The Morgan fingerprint density at radius 3 is 2.88 bits per heavy atom. The lowest BCUT2D eigenvalue weighted by molar-refractivity contribution is 0.294. The third kappa shape index (κ3) is 3.92. The fourth-order valence-electron chi connectivity index (χ4n) is 1.14. The minimum absolute atomic E-state index is 0.364. The molecular weight excluding hydrogens is 230 g/mol. The number of imidazole rings is 1. The van der Waals surface area contributed by atoms with E-state index < -0.39 is 15.3 Å². The lowest BCUT2D eigenvalue weighted by atomic mass is 10.4. The molecular formula is C9H17N3O3S. The zero-order valence-corrected chi connectivity index (χ0v) is 10.0. The molecule has 0 aliphatic rings. The predicted molar refractivity (Wildman–Crippen MR) is 60.3 cm³/mol. The van der Waals surface area contributed by atoms with E-state index >= 15 is 0 Å². The van der Waals surface area contributed by atoms with Crippen molar-refractivity contribution in [3.63, 3.8) is 0 Å². The second-order valence-electron chi connectivity index (χ2n) is 3.59. The highest BCUT2D eigenvalue weighted by molar-refractivity contribution is 7.90. The van der Waals surface area contributed by atoms with E-state index in [1.165, 1.54) is 6.92 Å². The van der Waals surface area contributed by atoms with E-state index in [4.69, 9.17) is 5.11 Å². The van der Waals surface area contributed by atoms with Crippen LogP contribution < -0.4 is 4.72 Å². The number of sulfonamides is 1. The number of aliphatic hydroxyl groups is 1. The number of hydrogen-bond acceptors (Lipinski definition) is 4. The zero-order chi connectivity index (χ0) is 12.0. The molecule has 0 bridgehead atoms. The summed E-state index contributed by atoms with van der Waals surface area (Å²) in [6.07, 6.45) is 5.88. The van der Waals surface area contributed by atoms with Crippen molar-refractivity contribution >= 4 is 10.0 Å². The number of nitrogens with zero attached hydrogens (tertiary/aromatic N) is 2. The number of aryl methyl sites for hydroxylation is 1. The smallest absolute Gasteiger partial charge is 0.216 e. The summed E-state index contributed by atoms with van der Waals surface area (Å²) in [5, 5.41) is 7.98. The fourth-order valence-corrected chi connectivity index (χ4v) is 2.05. The van der Waals surface area contributed by atoms with Crippen molar-refractivity contribution < 1.29 is 13.5 Å². The van der Waals surface area contributed by atoms with Crippen molar-refractivity contribution in [2.45, 2.75) is 25.1 Å². The highest BCUT2D eigenvalue weighted by Gasteiger charge is 2.18. The summed E-state index contributed by atoms with van der Waals surface area (Å²) < 4.78 is 27.2. The Kier molecular flexibility index (Phi) is 4.91. The van der Waals surface area contributed by atoms with Gasteiger partial charge in [-0.15, -0.1) is 0 Å². The van der Waals surface area contributed by atoms with Gasteiger partial charge < -0.3 is 9.67 Å². The molecule has 0 spiro atoms. The van der Waals surface area contributed by atoms with Crippen molar-refractivity contribution in [1.82, 2.24) is 14.3 Å². The minimum atomic E-state index is -3.38. The van der Waals surface area contributed by atoms with Gasteiger partial charge >= 0.3 is 0 Å². The van der Waals surface area contributed by atoms with E-state index in [1.807, 2.05) is 10.8 Å². The summed E-state index contributed by atoms with van der Waals surface area (Å²) in [7, 11) is -3.38. The summed E-state index contributed by atoms with van der Waals surface area (Å²) in [6, 6.07) is 0. The van der Waals surface area contributed by atoms with Gasteiger partial charge in [0.15, 0.2) is 0 Å². The molecule has 0 saturated carbocycles. The van der Waals surface area contributed by atoms with Crippen molar-refractivity contribution in [3.05, 3.63) is 18.7 Å². The van der Waals surface area contributed by atoms with Crippen molar-refractivity contribution in [2.75, 3.05) is 13.2 Å². The van der Waals surface area contributed by atoms with E-state index in [-0.39, 0.29) is 6.61 Å². The molecule has 6 nitrogen and oxygen atoms in total. The molecule has 0 amide bonds. The van der Waals surface area contributed by atoms with Gasteiger partial charge in [0, 0.05) is 25.5 Å². The van der Waals surface area contributed by atoms with Crippen LogP contribution in [0.3, 0.4) is 0 Å². The van der Waals surface area contributed by atoms with Crippen LogP contribution in [0.5, 0.6) is 0 Å². The van der Waals surface area contributed by atoms with E-state index in [0.717, 1.165) is 6.54 Å². The monoisotopic (exact) mass is 247 g/mol. The molecule has 1 aromatic rings. The third-order valence-electron chi connectivity index (χ3n) is 2.24. The topological polar surface area (TPSA) is 84.2 Å². The highest BCUT2D eigenvalue weighted by Crippen LogP contribution is 1.97. The van der Waals surface area contributed by atoms with Crippen molar-refractivity contribution in [2.24, 2.45) is 0 Å². The Balaban J connectivity index is 2.25. The van der Waals surface area contributed by atoms with Crippen LogP contribution in [-0.2, 0) is 16.6 Å². The summed E-state index contributed by atoms with van der Waals surface area (Å²) in [5.41, 5.74) is 0. The van der Waals surface area contributed by atoms with Crippen LogP contribution in [-0.4, -0.2) is 41.5 Å². The van der Waals surface area contributed by atoms with Gasteiger partial charge in [-0.05, 0) is 13.3 Å². The van der Waals surface area contributed by atoms with Crippen molar-refractivity contribution in [1.29, 1.82) is 0 Å². The van der Waals surface area contributed by atoms with E-state index in [9.17, 15) is 8.42 Å². The Hall–Kier alpha value is -0.920. The van der Waals surface area contributed by atoms with Crippen LogP contribution in [0.2, 0.25) is 0 Å². The summed E-state index contributed by atoms with van der Waals surface area (Å²) >= 11 is 0. The first-order valence-corrected chi connectivity index (χ1v) is 6.66. The number of hydrogen-bond donors (Lipinski definition) is 2. The molecule has 0 fully saturated rings. The van der Waals surface area contributed by atoms with E-state index in [0.29, 0.717) is 13.0 Å². The number of aliphatic hydroxyl groups excluding tert-OH is 1. The maximum absolute atomic E-state index is 11.4. The van der Waals surface area contributed by atoms with Gasteiger partial charge in [0.25, 0.3) is 0 Å². The van der Waals surface area contributed by atoms with Gasteiger partial charge in [-0.2, -0.15) is 0 Å². The molecule has 1 heterocycles.